The van der Waals surface area contributed by atoms with E-state index in [4.69, 9.17) is 9.47 Å². The summed E-state index contributed by atoms with van der Waals surface area (Å²) in [5, 5.41) is 10.00. The number of nitrogens with zero attached hydrogens (tertiary/aromatic N) is 3. The predicted octanol–water partition coefficient (Wildman–Crippen LogP) is 4.20. The minimum Gasteiger partial charge on any atom is -0.494 e. The summed E-state index contributed by atoms with van der Waals surface area (Å²) in [6, 6.07) is 6.32. The fourth-order valence-electron chi connectivity index (χ4n) is 7.89. The van der Waals surface area contributed by atoms with E-state index in [9.17, 15) is 19.5 Å². The van der Waals surface area contributed by atoms with Crippen molar-refractivity contribution in [3.63, 3.8) is 0 Å². The fourth-order valence-corrected chi connectivity index (χ4v) is 7.89. The Kier molecular flexibility index (Phi) is 9.47. The zero-order chi connectivity index (χ0) is 31.7. The Morgan fingerprint density at radius 2 is 1.77 bits per heavy atom. The van der Waals surface area contributed by atoms with E-state index in [1.54, 1.807) is 22.0 Å². The highest BCUT2D eigenvalue weighted by Gasteiger charge is 2.75. The van der Waals surface area contributed by atoms with Crippen LogP contribution in [0.15, 0.2) is 49.6 Å². The molecule has 236 valence electrons. The first-order valence-electron chi connectivity index (χ1n) is 15.4. The van der Waals surface area contributed by atoms with Crippen LogP contribution in [0.25, 0.3) is 0 Å². The Labute approximate surface area is 256 Å². The van der Waals surface area contributed by atoms with Crippen molar-refractivity contribution in [1.29, 1.82) is 0 Å². The maximum absolute atomic E-state index is 14.6. The Balaban J connectivity index is 1.73. The molecule has 0 radical (unpaired) electrons. The van der Waals surface area contributed by atoms with Crippen LogP contribution >= 0.6 is 0 Å². The third kappa shape index (κ3) is 5.98. The van der Waals surface area contributed by atoms with Gasteiger partial charge < -0.3 is 29.3 Å². The van der Waals surface area contributed by atoms with Gasteiger partial charge in [-0.25, -0.2) is 0 Å². The van der Waals surface area contributed by atoms with Gasteiger partial charge in [-0.2, -0.15) is 0 Å². The number of amides is 3. The molecule has 9 heteroatoms. The Morgan fingerprint density at radius 1 is 1.12 bits per heavy atom. The Morgan fingerprint density at radius 3 is 2.33 bits per heavy atom. The topological polar surface area (TPSA) is 99.6 Å². The number of aliphatic hydroxyl groups excluding tert-OH is 1. The number of likely N-dealkylation sites (tertiary alicyclic amines) is 1. The van der Waals surface area contributed by atoms with Gasteiger partial charge in [-0.3, -0.25) is 14.4 Å². The first kappa shape index (κ1) is 32.7. The van der Waals surface area contributed by atoms with Crippen molar-refractivity contribution < 1.29 is 29.0 Å². The van der Waals surface area contributed by atoms with Gasteiger partial charge in [0.15, 0.2) is 0 Å². The van der Waals surface area contributed by atoms with Gasteiger partial charge in [0.05, 0.1) is 31.2 Å². The first-order valence-corrected chi connectivity index (χ1v) is 15.4. The van der Waals surface area contributed by atoms with E-state index >= 15 is 0 Å². The molecule has 2 unspecified atom stereocenters. The van der Waals surface area contributed by atoms with Crippen molar-refractivity contribution in [2.24, 2.45) is 17.3 Å². The summed E-state index contributed by atoms with van der Waals surface area (Å²) in [4.78, 5) is 48.1. The average Bonchev–Trinajstić information content (AvgIpc) is 3.57. The van der Waals surface area contributed by atoms with Crippen LogP contribution in [0, 0.1) is 17.3 Å². The van der Waals surface area contributed by atoms with Crippen LogP contribution in [-0.4, -0.2) is 88.8 Å². The summed E-state index contributed by atoms with van der Waals surface area (Å²) in [6.07, 6.45) is 4.65. The molecule has 9 nitrogen and oxygen atoms in total. The average molecular weight is 596 g/mol. The molecule has 5 atom stereocenters. The molecule has 0 aliphatic carbocycles. The number of hydrogen-bond donors (Lipinski definition) is 1. The van der Waals surface area contributed by atoms with Crippen LogP contribution in [-0.2, 0) is 19.1 Å². The predicted molar refractivity (Wildman–Crippen MR) is 167 cm³/mol. The largest absolute Gasteiger partial charge is 0.494 e. The highest BCUT2D eigenvalue weighted by Crippen LogP contribution is 2.59. The van der Waals surface area contributed by atoms with E-state index in [1.807, 2.05) is 45.0 Å². The highest BCUT2D eigenvalue weighted by molar-refractivity contribution is 6.03. The zero-order valence-electron chi connectivity index (χ0n) is 26.7. The molecule has 1 N–H and O–H groups in total. The lowest BCUT2D eigenvalue weighted by Gasteiger charge is -2.45. The van der Waals surface area contributed by atoms with Crippen LogP contribution in [0.3, 0.4) is 0 Å². The molecule has 1 aromatic carbocycles. The summed E-state index contributed by atoms with van der Waals surface area (Å²) in [6.45, 7) is 20.9. The minimum absolute atomic E-state index is 0.0146. The highest BCUT2D eigenvalue weighted by atomic mass is 16.5. The van der Waals surface area contributed by atoms with Crippen molar-refractivity contribution in [2.75, 3.05) is 37.7 Å². The van der Waals surface area contributed by atoms with Crippen molar-refractivity contribution in [1.82, 2.24) is 9.80 Å². The van der Waals surface area contributed by atoms with Gasteiger partial charge in [0, 0.05) is 30.9 Å². The number of ether oxygens (including phenoxy) is 2. The van der Waals surface area contributed by atoms with E-state index in [1.165, 1.54) is 4.90 Å². The van der Waals surface area contributed by atoms with Gasteiger partial charge in [0.25, 0.3) is 0 Å². The number of benzene rings is 1. The molecule has 43 heavy (non-hydrogen) atoms. The number of β-amino-alcohol motifs (C(OH)–C–C–N with tert-alkyl or cyclic N) is 1. The smallest absolute Gasteiger partial charge is 0.249 e. The van der Waals surface area contributed by atoms with Crippen molar-refractivity contribution >= 4 is 23.4 Å². The SMILES string of the molecule is C=CCN(C(=O)[C@@H]1[C@H]2C(=O)N(CCO)C(C(=O)N(CC=C)C(C)(C)CC(C)(C)C)C23CC[C@H]1O3)c1ccc(OCC)cc1. The second-order valence-corrected chi connectivity index (χ2v) is 13.8. The summed E-state index contributed by atoms with van der Waals surface area (Å²) in [5.74, 6) is -1.67. The summed E-state index contributed by atoms with van der Waals surface area (Å²) in [7, 11) is 0. The van der Waals surface area contributed by atoms with Crippen LogP contribution < -0.4 is 9.64 Å². The fraction of sp³-hybridized carbons (Fsp3) is 0.618. The summed E-state index contributed by atoms with van der Waals surface area (Å²) >= 11 is 0. The Bertz CT molecular complexity index is 1220. The van der Waals surface area contributed by atoms with Crippen molar-refractivity contribution in [2.45, 2.75) is 84.1 Å². The van der Waals surface area contributed by atoms with Crippen LogP contribution in [0.1, 0.15) is 60.8 Å². The minimum atomic E-state index is -1.15. The number of fused-ring (bicyclic) bond motifs is 1. The van der Waals surface area contributed by atoms with E-state index in [0.29, 0.717) is 37.4 Å². The molecular formula is C34H49N3O6. The number of carbonyl (C=O) groups is 3. The van der Waals surface area contributed by atoms with Crippen molar-refractivity contribution in [3.8, 4) is 5.75 Å². The number of rotatable bonds is 13. The third-order valence-electron chi connectivity index (χ3n) is 8.97. The van der Waals surface area contributed by atoms with Crippen LogP contribution in [0.2, 0.25) is 0 Å². The third-order valence-corrected chi connectivity index (χ3v) is 8.97. The number of hydrogen-bond acceptors (Lipinski definition) is 6. The first-order chi connectivity index (χ1) is 20.3. The molecule has 3 aliphatic rings. The lowest BCUT2D eigenvalue weighted by atomic mass is 9.70. The van der Waals surface area contributed by atoms with Gasteiger partial charge >= 0.3 is 0 Å². The molecular weight excluding hydrogens is 546 g/mol. The summed E-state index contributed by atoms with van der Waals surface area (Å²) < 4.78 is 12.2. The van der Waals surface area contributed by atoms with Crippen LogP contribution in [0.5, 0.6) is 5.75 Å². The van der Waals surface area contributed by atoms with Gasteiger partial charge in [0.2, 0.25) is 17.7 Å². The molecule has 1 spiro atoms. The second-order valence-electron chi connectivity index (χ2n) is 13.8. The number of aliphatic hydroxyl groups is 1. The maximum Gasteiger partial charge on any atom is 0.249 e. The lowest BCUT2D eigenvalue weighted by Crippen LogP contribution is -2.61. The maximum atomic E-state index is 14.6. The van der Waals surface area contributed by atoms with Gasteiger partial charge in [-0.15, -0.1) is 13.2 Å². The van der Waals surface area contributed by atoms with E-state index in [-0.39, 0.29) is 42.8 Å². The van der Waals surface area contributed by atoms with E-state index < -0.39 is 35.1 Å². The standard InChI is InChI=1S/C34H49N3O6/c1-9-18-35(23-12-14-24(15-13-23)42-11-3)29(39)26-25-16-17-34(43-25)27(26)30(40)36(20-21-38)28(34)31(41)37(19-10-2)33(7,8)22-32(4,5)6/h9-10,12-15,25-28,38H,1-2,11,16-22H2,3-8H3/t25-,26+,27+,28?,34?/m1/s1. The molecule has 3 fully saturated rings. The second kappa shape index (κ2) is 12.4. The lowest BCUT2D eigenvalue weighted by molar-refractivity contribution is -0.153. The van der Waals surface area contributed by atoms with Crippen LogP contribution in [0.4, 0.5) is 5.69 Å². The van der Waals surface area contributed by atoms with Gasteiger partial charge in [-0.1, -0.05) is 32.9 Å². The normalized spacial score (nSPS) is 26.3. The Hall–Kier alpha value is -3.17. The molecule has 3 heterocycles. The summed E-state index contributed by atoms with van der Waals surface area (Å²) in [5.41, 5.74) is -1.09. The monoisotopic (exact) mass is 595 g/mol. The molecule has 3 aliphatic heterocycles. The molecule has 3 amide bonds. The molecule has 3 saturated heterocycles. The molecule has 4 rings (SSSR count). The number of anilines is 1. The zero-order valence-corrected chi connectivity index (χ0v) is 26.7. The van der Waals surface area contributed by atoms with Gasteiger partial charge in [-0.05, 0) is 69.7 Å². The van der Waals surface area contributed by atoms with Gasteiger partial charge in [0.1, 0.15) is 17.4 Å². The molecule has 1 aromatic rings. The quantitative estimate of drug-likeness (QED) is 0.343. The molecule has 0 aromatic heterocycles. The molecule has 0 saturated carbocycles. The van der Waals surface area contributed by atoms with E-state index in [0.717, 1.165) is 6.42 Å². The number of carbonyl (C=O) groups excluding carboxylic acids is 3. The van der Waals surface area contributed by atoms with Crippen molar-refractivity contribution in [3.05, 3.63) is 49.6 Å². The molecule has 2 bridgehead atoms. The van der Waals surface area contributed by atoms with E-state index in [2.05, 4.69) is 33.9 Å².